The molecule has 0 radical (unpaired) electrons. The molecular weight excluding hydrogens is 379 g/mol. The molecule has 1 aliphatic heterocycles. The Bertz CT molecular complexity index is 679. The SMILES string of the molecule is C[C@H](OCC1(N2CCNCC2)Cc2ccccc2C1)c1ccccc1.Cl.Cl. The van der Waals surface area contributed by atoms with Gasteiger partial charge in [0.2, 0.25) is 0 Å². The fourth-order valence-electron chi connectivity index (χ4n) is 4.33. The fraction of sp³-hybridized carbons (Fsp3) is 0.455. The van der Waals surface area contributed by atoms with Crippen LogP contribution in [0.15, 0.2) is 54.6 Å². The minimum absolute atomic E-state index is 0. The van der Waals surface area contributed by atoms with Crippen molar-refractivity contribution in [3.8, 4) is 0 Å². The molecule has 1 saturated heterocycles. The van der Waals surface area contributed by atoms with E-state index in [1.54, 1.807) is 0 Å². The quantitative estimate of drug-likeness (QED) is 0.807. The molecule has 2 aliphatic rings. The summed E-state index contributed by atoms with van der Waals surface area (Å²) in [6.45, 7) is 7.33. The second kappa shape index (κ2) is 9.90. The monoisotopic (exact) mass is 408 g/mol. The van der Waals surface area contributed by atoms with Gasteiger partial charge in [-0.15, -0.1) is 24.8 Å². The maximum Gasteiger partial charge on any atom is 0.0797 e. The van der Waals surface area contributed by atoms with Crippen molar-refractivity contribution in [2.24, 2.45) is 0 Å². The third-order valence-corrected chi connectivity index (χ3v) is 5.82. The van der Waals surface area contributed by atoms with Crippen molar-refractivity contribution in [1.29, 1.82) is 0 Å². The van der Waals surface area contributed by atoms with Crippen molar-refractivity contribution in [3.05, 3.63) is 71.3 Å². The lowest BCUT2D eigenvalue weighted by molar-refractivity contribution is -0.0379. The predicted molar refractivity (Wildman–Crippen MR) is 116 cm³/mol. The van der Waals surface area contributed by atoms with Crippen LogP contribution in [0, 0.1) is 0 Å². The van der Waals surface area contributed by atoms with Crippen molar-refractivity contribution >= 4 is 24.8 Å². The molecule has 1 atom stereocenters. The lowest BCUT2D eigenvalue weighted by atomic mass is 9.93. The Morgan fingerprint density at radius 1 is 0.926 bits per heavy atom. The Hall–Kier alpha value is -1.10. The van der Waals surface area contributed by atoms with Gasteiger partial charge in [-0.25, -0.2) is 0 Å². The number of nitrogens with zero attached hydrogens (tertiary/aromatic N) is 1. The van der Waals surface area contributed by atoms with Crippen molar-refractivity contribution < 1.29 is 4.74 Å². The molecule has 3 nitrogen and oxygen atoms in total. The minimum Gasteiger partial charge on any atom is -0.372 e. The van der Waals surface area contributed by atoms with E-state index < -0.39 is 0 Å². The zero-order valence-corrected chi connectivity index (χ0v) is 17.5. The Labute approximate surface area is 175 Å². The molecule has 0 saturated carbocycles. The summed E-state index contributed by atoms with van der Waals surface area (Å²) in [7, 11) is 0. The molecule has 0 bridgehead atoms. The molecule has 1 fully saturated rings. The smallest absolute Gasteiger partial charge is 0.0797 e. The van der Waals surface area contributed by atoms with E-state index in [0.29, 0.717) is 0 Å². The van der Waals surface area contributed by atoms with Gasteiger partial charge in [0.05, 0.1) is 18.2 Å². The summed E-state index contributed by atoms with van der Waals surface area (Å²) in [5, 5.41) is 3.48. The van der Waals surface area contributed by atoms with Crippen LogP contribution < -0.4 is 5.32 Å². The van der Waals surface area contributed by atoms with Crippen LogP contribution in [0.5, 0.6) is 0 Å². The number of fused-ring (bicyclic) bond motifs is 1. The second-order valence-corrected chi connectivity index (χ2v) is 7.45. The zero-order chi connectivity index (χ0) is 17.1. The Morgan fingerprint density at radius 2 is 1.48 bits per heavy atom. The lowest BCUT2D eigenvalue weighted by Gasteiger charge is -2.44. The number of halogens is 2. The van der Waals surface area contributed by atoms with Crippen molar-refractivity contribution in [3.63, 3.8) is 0 Å². The molecule has 0 amide bonds. The lowest BCUT2D eigenvalue weighted by Crippen LogP contribution is -2.59. The fourth-order valence-corrected chi connectivity index (χ4v) is 4.33. The molecule has 0 aromatic heterocycles. The van der Waals surface area contributed by atoms with E-state index >= 15 is 0 Å². The highest BCUT2D eigenvalue weighted by Crippen LogP contribution is 2.36. The van der Waals surface area contributed by atoms with E-state index in [1.807, 2.05) is 0 Å². The van der Waals surface area contributed by atoms with Gasteiger partial charge < -0.3 is 10.1 Å². The number of rotatable bonds is 5. The highest BCUT2D eigenvalue weighted by Gasteiger charge is 2.43. The van der Waals surface area contributed by atoms with E-state index in [2.05, 4.69) is 71.7 Å². The number of hydrogen-bond donors (Lipinski definition) is 1. The maximum atomic E-state index is 6.44. The van der Waals surface area contributed by atoms with Gasteiger partial charge in [0.25, 0.3) is 0 Å². The molecule has 2 aromatic rings. The average Bonchev–Trinajstić information content (AvgIpc) is 3.07. The molecule has 0 spiro atoms. The van der Waals surface area contributed by atoms with Crippen LogP contribution in [0.2, 0.25) is 0 Å². The van der Waals surface area contributed by atoms with Crippen LogP contribution in [0.3, 0.4) is 0 Å². The highest BCUT2D eigenvalue weighted by atomic mass is 35.5. The van der Waals surface area contributed by atoms with Gasteiger partial charge in [0.1, 0.15) is 0 Å². The standard InChI is InChI=1S/C22H28N2O.2ClH/c1-18(19-7-3-2-4-8-19)25-17-22(24-13-11-23-12-14-24)15-20-9-5-6-10-21(20)16-22;;/h2-10,18,23H,11-17H2,1H3;2*1H/t18-;;/m0../s1. The molecule has 148 valence electrons. The van der Waals surface area contributed by atoms with E-state index in [4.69, 9.17) is 4.74 Å². The molecule has 5 heteroatoms. The molecule has 1 N–H and O–H groups in total. The van der Waals surface area contributed by atoms with E-state index in [-0.39, 0.29) is 36.5 Å². The molecule has 1 aliphatic carbocycles. The largest absolute Gasteiger partial charge is 0.372 e. The highest BCUT2D eigenvalue weighted by molar-refractivity contribution is 5.85. The summed E-state index contributed by atoms with van der Waals surface area (Å²) < 4.78 is 6.44. The first-order valence-electron chi connectivity index (χ1n) is 9.46. The van der Waals surface area contributed by atoms with Gasteiger partial charge in [-0.1, -0.05) is 54.6 Å². The molecule has 27 heavy (non-hydrogen) atoms. The van der Waals surface area contributed by atoms with Crippen LogP contribution >= 0.6 is 24.8 Å². The first-order valence-corrected chi connectivity index (χ1v) is 9.46. The Kier molecular flexibility index (Phi) is 8.14. The molecule has 4 rings (SSSR count). The normalized spacial score (nSPS) is 19.4. The molecule has 1 heterocycles. The first-order chi connectivity index (χ1) is 12.3. The Morgan fingerprint density at radius 3 is 2.07 bits per heavy atom. The molecule has 2 aromatic carbocycles. The average molecular weight is 409 g/mol. The number of ether oxygens (including phenoxy) is 1. The zero-order valence-electron chi connectivity index (χ0n) is 15.9. The first kappa shape index (κ1) is 22.2. The van der Waals surface area contributed by atoms with Crippen LogP contribution in [-0.4, -0.2) is 43.2 Å². The van der Waals surface area contributed by atoms with Crippen molar-refractivity contribution in [2.75, 3.05) is 32.8 Å². The predicted octanol–water partition coefficient (Wildman–Crippen LogP) is 4.05. The van der Waals surface area contributed by atoms with Crippen molar-refractivity contribution in [1.82, 2.24) is 10.2 Å². The van der Waals surface area contributed by atoms with Crippen LogP contribution in [0.4, 0.5) is 0 Å². The van der Waals surface area contributed by atoms with Gasteiger partial charge >= 0.3 is 0 Å². The third kappa shape index (κ3) is 4.85. The third-order valence-electron chi connectivity index (χ3n) is 5.82. The summed E-state index contributed by atoms with van der Waals surface area (Å²) in [5.41, 5.74) is 4.36. The van der Waals surface area contributed by atoms with Gasteiger partial charge in [-0.2, -0.15) is 0 Å². The summed E-state index contributed by atoms with van der Waals surface area (Å²) in [6.07, 6.45) is 2.33. The number of piperazine rings is 1. The molecule has 0 unspecified atom stereocenters. The van der Waals surface area contributed by atoms with Gasteiger partial charge in [-0.05, 0) is 36.5 Å². The van der Waals surface area contributed by atoms with Gasteiger partial charge in [-0.3, -0.25) is 4.90 Å². The van der Waals surface area contributed by atoms with E-state index in [0.717, 1.165) is 45.6 Å². The number of benzene rings is 2. The topological polar surface area (TPSA) is 24.5 Å². The van der Waals surface area contributed by atoms with E-state index in [9.17, 15) is 0 Å². The van der Waals surface area contributed by atoms with Gasteiger partial charge in [0.15, 0.2) is 0 Å². The van der Waals surface area contributed by atoms with Crippen LogP contribution in [0.25, 0.3) is 0 Å². The van der Waals surface area contributed by atoms with Gasteiger partial charge in [0, 0.05) is 26.2 Å². The van der Waals surface area contributed by atoms with Crippen LogP contribution in [-0.2, 0) is 17.6 Å². The molecular formula is C22H30Cl2N2O. The summed E-state index contributed by atoms with van der Waals surface area (Å²) in [5.74, 6) is 0. The minimum atomic E-state index is 0. The second-order valence-electron chi connectivity index (χ2n) is 7.45. The summed E-state index contributed by atoms with van der Waals surface area (Å²) in [6, 6.07) is 19.5. The van der Waals surface area contributed by atoms with Crippen LogP contribution in [0.1, 0.15) is 29.7 Å². The summed E-state index contributed by atoms with van der Waals surface area (Å²) in [4.78, 5) is 2.67. The van der Waals surface area contributed by atoms with Crippen molar-refractivity contribution in [2.45, 2.75) is 31.4 Å². The van der Waals surface area contributed by atoms with E-state index in [1.165, 1.54) is 16.7 Å². The maximum absolute atomic E-state index is 6.44. The summed E-state index contributed by atoms with van der Waals surface area (Å²) >= 11 is 0. The number of nitrogens with one attached hydrogen (secondary N) is 1. The number of hydrogen-bond acceptors (Lipinski definition) is 3. The Balaban J connectivity index is 0.00000131.